The summed E-state index contributed by atoms with van der Waals surface area (Å²) in [7, 11) is 0. The van der Waals surface area contributed by atoms with E-state index < -0.39 is 0 Å². The van der Waals surface area contributed by atoms with Gasteiger partial charge in [0.05, 0.1) is 44.2 Å². The Bertz CT molecular complexity index is 1510. The number of azide groups is 1. The highest BCUT2D eigenvalue weighted by atomic mass is 32.2. The summed E-state index contributed by atoms with van der Waals surface area (Å²) >= 11 is 1.90. The number of carbonyl (C=O) groups is 3. The Morgan fingerprint density at radius 2 is 1.62 bits per heavy atom. The summed E-state index contributed by atoms with van der Waals surface area (Å²) in [5, 5.41) is 34.0. The lowest BCUT2D eigenvalue weighted by Gasteiger charge is -2.16. The van der Waals surface area contributed by atoms with Gasteiger partial charge >= 0.3 is 6.03 Å². The number of amides is 4. The molecule has 2 aromatic carbocycles. The van der Waals surface area contributed by atoms with Crippen LogP contribution in [0.25, 0.3) is 10.4 Å². The molecule has 52 heavy (non-hydrogen) atoms. The third-order valence-corrected chi connectivity index (χ3v) is 9.88. The van der Waals surface area contributed by atoms with Crippen molar-refractivity contribution in [2.75, 3.05) is 65.0 Å². The number of unbranched alkanes of at least 4 members (excludes halogenated alkanes) is 1. The maximum Gasteiger partial charge on any atom is 0.315 e. The van der Waals surface area contributed by atoms with E-state index in [0.29, 0.717) is 101 Å². The van der Waals surface area contributed by atoms with Crippen molar-refractivity contribution in [1.29, 1.82) is 0 Å². The van der Waals surface area contributed by atoms with Gasteiger partial charge in [0.15, 0.2) is 0 Å². The molecule has 0 aromatic heterocycles. The van der Waals surface area contributed by atoms with E-state index in [1.54, 1.807) is 36.4 Å². The van der Waals surface area contributed by atoms with Gasteiger partial charge in [-0.15, -0.1) is 5.11 Å². The lowest BCUT2D eigenvalue weighted by molar-refractivity contribution is -0.121. The van der Waals surface area contributed by atoms with Crippen LogP contribution in [0, 0.1) is 0 Å². The van der Waals surface area contributed by atoms with Crippen LogP contribution in [0.1, 0.15) is 54.4 Å². The van der Waals surface area contributed by atoms with Crippen molar-refractivity contribution >= 4 is 41.0 Å². The average molecular weight is 740 g/mol. The summed E-state index contributed by atoms with van der Waals surface area (Å²) in [6, 6.07) is 12.0. The van der Waals surface area contributed by atoms with Gasteiger partial charge < -0.3 is 40.6 Å². The normalized spacial score (nSPS) is 17.7. The number of phenols is 1. The second kappa shape index (κ2) is 23.2. The van der Waals surface area contributed by atoms with Crippen molar-refractivity contribution < 1.29 is 33.7 Å². The van der Waals surface area contributed by atoms with E-state index in [4.69, 9.17) is 19.7 Å². The monoisotopic (exact) mass is 739 g/mol. The van der Waals surface area contributed by atoms with Crippen LogP contribution in [0.2, 0.25) is 0 Å². The molecule has 16 nitrogen and oxygen atoms in total. The van der Waals surface area contributed by atoms with E-state index in [9.17, 15) is 19.5 Å². The van der Waals surface area contributed by atoms with E-state index in [1.807, 2.05) is 11.8 Å². The molecule has 2 saturated heterocycles. The highest BCUT2D eigenvalue weighted by Crippen LogP contribution is 2.33. The van der Waals surface area contributed by atoms with Crippen LogP contribution in [-0.4, -0.2) is 105 Å². The first-order valence-corrected chi connectivity index (χ1v) is 18.8. The molecule has 5 N–H and O–H groups in total. The number of carbonyl (C=O) groups excluding carboxylic acids is 3. The van der Waals surface area contributed by atoms with Gasteiger partial charge in [0.1, 0.15) is 11.4 Å². The summed E-state index contributed by atoms with van der Waals surface area (Å²) in [5.41, 5.74) is 10.6. The van der Waals surface area contributed by atoms with Crippen molar-refractivity contribution in [2.45, 2.75) is 62.3 Å². The summed E-state index contributed by atoms with van der Waals surface area (Å²) in [6.07, 6.45) is 5.26. The number of nitrogens with one attached hydrogen (secondary N) is 4. The van der Waals surface area contributed by atoms with E-state index in [-0.39, 0.29) is 35.7 Å². The predicted octanol–water partition coefficient (Wildman–Crippen LogP) is 5.06. The lowest BCUT2D eigenvalue weighted by Crippen LogP contribution is -2.36. The number of phenolic OH excluding ortho intramolecular Hbond substituents is 1. The molecule has 3 atom stereocenters. The second-order valence-corrected chi connectivity index (χ2v) is 13.6. The molecule has 4 rings (SSSR count). The molecule has 4 amide bonds. The van der Waals surface area contributed by atoms with Crippen molar-refractivity contribution in [2.24, 2.45) is 15.3 Å². The Labute approximate surface area is 307 Å². The molecule has 17 heteroatoms. The SMILES string of the molecule is [N-]=[N+]=NCCc1ccc(O)c(N=Nc2ccc(C(=O)NCCCOCCOCCOCCCNC(=O)CCCCC3SCC4NC(=O)NC43)cc2)c1. The topological polar surface area (TPSA) is 221 Å². The molecule has 2 aliphatic rings. The molecular weight excluding hydrogens is 691 g/mol. The molecular formula is C35H49N9O7S. The molecule has 0 saturated carbocycles. The number of rotatable bonds is 25. The number of thioether (sulfide) groups is 1. The van der Waals surface area contributed by atoms with Gasteiger partial charge in [0, 0.05) is 60.7 Å². The Balaban J connectivity index is 0.915. The first-order chi connectivity index (χ1) is 25.4. The minimum atomic E-state index is -0.206. The highest BCUT2D eigenvalue weighted by Gasteiger charge is 2.42. The number of fused-ring (bicyclic) bond motifs is 1. The van der Waals surface area contributed by atoms with E-state index >= 15 is 0 Å². The second-order valence-electron chi connectivity index (χ2n) is 12.3. The standard InChI is InChI=1S/C35H49N9O7S/c36-44-39-16-13-25-7-12-30(45)28(23-25)43-42-27-10-8-26(9-11-27)34(47)38-15-4-18-50-20-22-51-21-19-49-17-3-14-37-32(46)6-2-1-5-31-33-29(24-52-31)40-35(48)41-33/h7-12,23,29,31,33,45H,1-6,13-22,24H2,(H,37,46)(H,38,47)(H2,40,41,48). The largest absolute Gasteiger partial charge is 0.506 e. The van der Waals surface area contributed by atoms with Gasteiger partial charge in [-0.25, -0.2) is 4.79 Å². The van der Waals surface area contributed by atoms with Crippen LogP contribution in [0.5, 0.6) is 5.75 Å². The fourth-order valence-electron chi connectivity index (χ4n) is 5.60. The van der Waals surface area contributed by atoms with Crippen LogP contribution < -0.4 is 21.3 Å². The quantitative estimate of drug-likeness (QED) is 0.0304. The van der Waals surface area contributed by atoms with Crippen molar-refractivity contribution in [3.05, 3.63) is 64.0 Å². The molecule has 3 unspecified atom stereocenters. The predicted molar refractivity (Wildman–Crippen MR) is 197 cm³/mol. The Kier molecular flexibility index (Phi) is 18.0. The maximum absolute atomic E-state index is 12.5. The van der Waals surface area contributed by atoms with E-state index in [1.165, 1.54) is 6.07 Å². The molecule has 0 bridgehead atoms. The van der Waals surface area contributed by atoms with Crippen molar-refractivity contribution in [1.82, 2.24) is 21.3 Å². The van der Waals surface area contributed by atoms with Crippen LogP contribution >= 0.6 is 11.8 Å². The molecule has 0 radical (unpaired) electrons. The van der Waals surface area contributed by atoms with E-state index in [2.05, 4.69) is 41.5 Å². The Hall–Kier alpha value is -4.41. The number of nitrogens with zero attached hydrogens (tertiary/aromatic N) is 5. The molecule has 282 valence electrons. The number of hydrogen-bond donors (Lipinski definition) is 5. The average Bonchev–Trinajstić information content (AvgIpc) is 3.71. The minimum absolute atomic E-state index is 0.0166. The Morgan fingerprint density at radius 1 is 0.904 bits per heavy atom. The van der Waals surface area contributed by atoms with Gasteiger partial charge in [-0.2, -0.15) is 16.9 Å². The maximum atomic E-state index is 12.5. The summed E-state index contributed by atoms with van der Waals surface area (Å²) in [4.78, 5) is 38.8. The van der Waals surface area contributed by atoms with Gasteiger partial charge in [0.2, 0.25) is 5.91 Å². The summed E-state index contributed by atoms with van der Waals surface area (Å²) < 4.78 is 16.7. The first-order valence-electron chi connectivity index (χ1n) is 17.7. The number of aromatic hydroxyl groups is 1. The minimum Gasteiger partial charge on any atom is -0.506 e. The van der Waals surface area contributed by atoms with Crippen LogP contribution in [-0.2, 0) is 25.4 Å². The summed E-state index contributed by atoms with van der Waals surface area (Å²) in [5.74, 6) is 0.795. The third kappa shape index (κ3) is 14.7. The molecule has 2 fully saturated rings. The fraction of sp³-hybridized carbons (Fsp3) is 0.571. The number of hydrogen-bond acceptors (Lipinski definition) is 11. The van der Waals surface area contributed by atoms with E-state index in [0.717, 1.165) is 37.0 Å². The summed E-state index contributed by atoms with van der Waals surface area (Å²) in [6.45, 7) is 4.22. The zero-order valence-electron chi connectivity index (χ0n) is 29.3. The van der Waals surface area contributed by atoms with Gasteiger partial charge in [-0.3, -0.25) is 9.59 Å². The molecule has 2 aromatic rings. The highest BCUT2D eigenvalue weighted by molar-refractivity contribution is 8.00. The number of urea groups is 1. The molecule has 0 spiro atoms. The van der Waals surface area contributed by atoms with Gasteiger partial charge in [-0.05, 0) is 79.6 Å². The smallest absolute Gasteiger partial charge is 0.315 e. The van der Waals surface area contributed by atoms with Crippen molar-refractivity contribution in [3.8, 4) is 5.75 Å². The molecule has 2 aliphatic heterocycles. The van der Waals surface area contributed by atoms with Crippen LogP contribution in [0.3, 0.4) is 0 Å². The van der Waals surface area contributed by atoms with Crippen molar-refractivity contribution in [3.63, 3.8) is 0 Å². The number of ether oxygens (including phenoxy) is 3. The molecule has 0 aliphatic carbocycles. The molecule has 2 heterocycles. The third-order valence-electron chi connectivity index (χ3n) is 8.37. The van der Waals surface area contributed by atoms with Crippen LogP contribution in [0.15, 0.2) is 57.8 Å². The lowest BCUT2D eigenvalue weighted by atomic mass is 10.0. The Morgan fingerprint density at radius 3 is 2.35 bits per heavy atom. The fourth-order valence-corrected chi connectivity index (χ4v) is 7.15. The number of azo groups is 1. The van der Waals surface area contributed by atoms with Crippen LogP contribution in [0.4, 0.5) is 16.2 Å². The van der Waals surface area contributed by atoms with Gasteiger partial charge in [-0.1, -0.05) is 17.6 Å². The first kappa shape index (κ1) is 40.4. The zero-order chi connectivity index (χ0) is 36.8. The van der Waals surface area contributed by atoms with Gasteiger partial charge in [0.25, 0.3) is 5.91 Å². The zero-order valence-corrected chi connectivity index (χ0v) is 30.2. The number of benzene rings is 2.